The Bertz CT molecular complexity index is 444. The number of urea groups is 1. The average Bonchev–Trinajstić information content (AvgIpc) is 2.66. The van der Waals surface area contributed by atoms with Gasteiger partial charge in [-0.2, -0.15) is 13.2 Å². The molecule has 0 saturated carbocycles. The summed E-state index contributed by atoms with van der Waals surface area (Å²) in [6.45, 7) is 4.58. The van der Waals surface area contributed by atoms with Crippen molar-refractivity contribution < 1.29 is 22.8 Å². The van der Waals surface area contributed by atoms with Crippen LogP contribution in [-0.2, 0) is 4.79 Å². The Labute approximate surface area is 133 Å². The van der Waals surface area contributed by atoms with Crippen molar-refractivity contribution in [2.75, 3.05) is 45.8 Å². The molecule has 3 amide bonds. The van der Waals surface area contributed by atoms with Crippen LogP contribution in [0, 0.1) is 0 Å². The Hall–Kier alpha value is -1.51. The van der Waals surface area contributed by atoms with Gasteiger partial charge in [0.05, 0.1) is 6.04 Å². The molecule has 0 bridgehead atoms. The van der Waals surface area contributed by atoms with Crippen LogP contribution in [-0.4, -0.2) is 84.7 Å². The summed E-state index contributed by atoms with van der Waals surface area (Å²) in [7, 11) is 0. The highest BCUT2D eigenvalue weighted by atomic mass is 19.4. The van der Waals surface area contributed by atoms with Crippen LogP contribution in [0.5, 0.6) is 0 Å². The Morgan fingerprint density at radius 2 is 2.00 bits per heavy atom. The molecule has 9 heteroatoms. The van der Waals surface area contributed by atoms with Gasteiger partial charge in [0.15, 0.2) is 0 Å². The first-order valence-corrected chi connectivity index (χ1v) is 7.91. The third kappa shape index (κ3) is 5.26. The zero-order valence-corrected chi connectivity index (χ0v) is 13.2. The molecule has 1 unspecified atom stereocenters. The molecule has 2 aliphatic heterocycles. The largest absolute Gasteiger partial charge is 0.406 e. The molecule has 1 atom stereocenters. The minimum absolute atomic E-state index is 0.0727. The number of likely N-dealkylation sites (tertiary alicyclic amines) is 1. The fourth-order valence-electron chi connectivity index (χ4n) is 2.99. The molecular formula is C14H23F3N4O2. The second kappa shape index (κ2) is 7.37. The van der Waals surface area contributed by atoms with Crippen LogP contribution in [0.25, 0.3) is 0 Å². The first kappa shape index (κ1) is 17.8. The summed E-state index contributed by atoms with van der Waals surface area (Å²) in [4.78, 5) is 28.5. The van der Waals surface area contributed by atoms with Gasteiger partial charge < -0.3 is 20.0 Å². The molecule has 2 aliphatic rings. The average molecular weight is 336 g/mol. The molecule has 2 rings (SSSR count). The van der Waals surface area contributed by atoms with E-state index >= 15 is 0 Å². The van der Waals surface area contributed by atoms with Gasteiger partial charge in [0.25, 0.3) is 0 Å². The fourth-order valence-corrected chi connectivity index (χ4v) is 2.99. The maximum atomic E-state index is 12.4. The van der Waals surface area contributed by atoms with E-state index in [0.717, 1.165) is 31.0 Å². The van der Waals surface area contributed by atoms with E-state index in [0.29, 0.717) is 13.1 Å². The van der Waals surface area contributed by atoms with E-state index < -0.39 is 24.7 Å². The number of hydrogen-bond acceptors (Lipinski definition) is 3. The Balaban J connectivity index is 1.83. The van der Waals surface area contributed by atoms with Crippen LogP contribution in [0.4, 0.5) is 18.0 Å². The van der Waals surface area contributed by atoms with Crippen molar-refractivity contribution in [3.8, 4) is 0 Å². The molecule has 0 spiro atoms. The van der Waals surface area contributed by atoms with E-state index in [1.54, 1.807) is 4.90 Å². The molecule has 6 nitrogen and oxygen atoms in total. The lowest BCUT2D eigenvalue weighted by molar-refractivity contribution is -0.157. The number of hydrogen-bond donors (Lipinski definition) is 1. The first-order chi connectivity index (χ1) is 10.8. The minimum atomic E-state index is -4.41. The van der Waals surface area contributed by atoms with E-state index in [4.69, 9.17) is 0 Å². The molecular weight excluding hydrogens is 313 g/mol. The molecule has 23 heavy (non-hydrogen) atoms. The van der Waals surface area contributed by atoms with Crippen LogP contribution >= 0.6 is 0 Å². The quantitative estimate of drug-likeness (QED) is 0.833. The predicted octanol–water partition coefficient (Wildman–Crippen LogP) is 0.887. The van der Waals surface area contributed by atoms with Crippen molar-refractivity contribution in [2.24, 2.45) is 0 Å². The number of nitrogens with zero attached hydrogens (tertiary/aromatic N) is 3. The summed E-state index contributed by atoms with van der Waals surface area (Å²) < 4.78 is 37.1. The van der Waals surface area contributed by atoms with Gasteiger partial charge in [-0.25, -0.2) is 4.79 Å². The second-order valence-corrected chi connectivity index (χ2v) is 6.01. The molecule has 0 aromatic heterocycles. The van der Waals surface area contributed by atoms with E-state index in [2.05, 4.69) is 17.1 Å². The number of amides is 3. The highest BCUT2D eigenvalue weighted by molar-refractivity contribution is 5.81. The van der Waals surface area contributed by atoms with Crippen molar-refractivity contribution in [2.45, 2.75) is 32.0 Å². The van der Waals surface area contributed by atoms with Crippen molar-refractivity contribution in [3.05, 3.63) is 0 Å². The topological polar surface area (TPSA) is 55.9 Å². The SMILES string of the molecule is CCN1CCCN(C(=O)NC2CC(=O)N(CC(F)(F)F)C2)CC1. The van der Waals surface area contributed by atoms with Crippen molar-refractivity contribution in [1.29, 1.82) is 0 Å². The first-order valence-electron chi connectivity index (χ1n) is 7.91. The van der Waals surface area contributed by atoms with Crippen LogP contribution in [0.15, 0.2) is 0 Å². The van der Waals surface area contributed by atoms with Crippen LogP contribution in [0.2, 0.25) is 0 Å². The third-order valence-corrected chi connectivity index (χ3v) is 4.24. The van der Waals surface area contributed by atoms with Crippen molar-refractivity contribution in [1.82, 2.24) is 20.0 Å². The number of carbonyl (C=O) groups is 2. The molecule has 2 saturated heterocycles. The molecule has 132 valence electrons. The van der Waals surface area contributed by atoms with Crippen LogP contribution < -0.4 is 5.32 Å². The zero-order valence-electron chi connectivity index (χ0n) is 13.2. The molecule has 0 radical (unpaired) electrons. The van der Waals surface area contributed by atoms with Gasteiger partial charge in [-0.15, -0.1) is 0 Å². The summed E-state index contributed by atoms with van der Waals surface area (Å²) in [5.41, 5.74) is 0. The van der Waals surface area contributed by atoms with E-state index in [-0.39, 0.29) is 19.0 Å². The Morgan fingerprint density at radius 1 is 1.26 bits per heavy atom. The minimum Gasteiger partial charge on any atom is -0.333 e. The smallest absolute Gasteiger partial charge is 0.333 e. The highest BCUT2D eigenvalue weighted by Crippen LogP contribution is 2.21. The van der Waals surface area contributed by atoms with Crippen molar-refractivity contribution >= 4 is 11.9 Å². The summed E-state index contributed by atoms with van der Waals surface area (Å²) >= 11 is 0. The molecule has 0 aliphatic carbocycles. The Morgan fingerprint density at radius 3 is 2.65 bits per heavy atom. The van der Waals surface area contributed by atoms with Gasteiger partial charge in [-0.1, -0.05) is 6.92 Å². The lowest BCUT2D eigenvalue weighted by atomic mass is 10.2. The second-order valence-electron chi connectivity index (χ2n) is 6.01. The summed E-state index contributed by atoms with van der Waals surface area (Å²) in [6.07, 6.45) is -3.62. The van der Waals surface area contributed by atoms with E-state index in [1.165, 1.54) is 0 Å². The number of alkyl halides is 3. The molecule has 1 N–H and O–H groups in total. The lowest BCUT2D eigenvalue weighted by Crippen LogP contribution is -2.47. The zero-order chi connectivity index (χ0) is 17.0. The number of likely N-dealkylation sites (N-methyl/N-ethyl adjacent to an activating group) is 1. The maximum absolute atomic E-state index is 12.4. The number of halogens is 3. The van der Waals surface area contributed by atoms with Gasteiger partial charge in [-0.3, -0.25) is 4.79 Å². The van der Waals surface area contributed by atoms with E-state index in [9.17, 15) is 22.8 Å². The highest BCUT2D eigenvalue weighted by Gasteiger charge is 2.39. The lowest BCUT2D eigenvalue weighted by Gasteiger charge is -2.24. The number of nitrogens with one attached hydrogen (secondary N) is 1. The molecule has 0 aromatic rings. The molecule has 2 heterocycles. The molecule has 2 fully saturated rings. The van der Waals surface area contributed by atoms with Gasteiger partial charge in [-0.05, 0) is 19.5 Å². The van der Waals surface area contributed by atoms with Gasteiger partial charge in [0.2, 0.25) is 5.91 Å². The van der Waals surface area contributed by atoms with Gasteiger partial charge in [0.1, 0.15) is 6.54 Å². The third-order valence-electron chi connectivity index (χ3n) is 4.24. The number of carbonyl (C=O) groups excluding carboxylic acids is 2. The van der Waals surface area contributed by atoms with Crippen LogP contribution in [0.1, 0.15) is 19.8 Å². The number of rotatable bonds is 3. The van der Waals surface area contributed by atoms with Crippen molar-refractivity contribution in [3.63, 3.8) is 0 Å². The summed E-state index contributed by atoms with van der Waals surface area (Å²) in [5, 5.41) is 2.69. The predicted molar refractivity (Wildman–Crippen MR) is 77.9 cm³/mol. The van der Waals surface area contributed by atoms with Gasteiger partial charge in [0, 0.05) is 32.6 Å². The normalized spacial score (nSPS) is 24.0. The fraction of sp³-hybridized carbons (Fsp3) is 0.857. The molecule has 0 aromatic carbocycles. The van der Waals surface area contributed by atoms with Gasteiger partial charge >= 0.3 is 12.2 Å². The van der Waals surface area contributed by atoms with Crippen LogP contribution in [0.3, 0.4) is 0 Å². The summed E-state index contributed by atoms with van der Waals surface area (Å²) in [5.74, 6) is -0.569. The summed E-state index contributed by atoms with van der Waals surface area (Å²) in [6, 6.07) is -0.850. The Kier molecular flexibility index (Phi) is 5.72. The van der Waals surface area contributed by atoms with E-state index in [1.807, 2.05) is 0 Å². The maximum Gasteiger partial charge on any atom is 0.406 e. The monoisotopic (exact) mass is 336 g/mol. The standard InChI is InChI=1S/C14H23F3N4O2/c1-2-19-4-3-5-20(7-6-19)13(23)18-11-8-12(22)21(9-11)10-14(15,16)17/h11H,2-10H2,1H3,(H,18,23).